The SMILES string of the molecule is CC(=O)c1c(O)cc(=O)oc1-c1ccccc1. The topological polar surface area (TPSA) is 67.5 Å². The highest BCUT2D eigenvalue weighted by Gasteiger charge is 2.17. The van der Waals surface area contributed by atoms with E-state index < -0.39 is 5.63 Å². The summed E-state index contributed by atoms with van der Waals surface area (Å²) >= 11 is 0. The fourth-order valence-corrected chi connectivity index (χ4v) is 1.61. The lowest BCUT2D eigenvalue weighted by molar-refractivity contribution is 0.101. The first-order valence-corrected chi connectivity index (χ1v) is 5.03. The maximum absolute atomic E-state index is 11.4. The molecule has 2 rings (SSSR count). The Hall–Kier alpha value is -2.36. The zero-order valence-corrected chi connectivity index (χ0v) is 9.14. The Kier molecular flexibility index (Phi) is 2.78. The van der Waals surface area contributed by atoms with Crippen molar-refractivity contribution in [1.29, 1.82) is 0 Å². The van der Waals surface area contributed by atoms with Gasteiger partial charge in [0.2, 0.25) is 0 Å². The summed E-state index contributed by atoms with van der Waals surface area (Å²) in [5.41, 5.74) is -0.0900. The van der Waals surface area contributed by atoms with Crippen molar-refractivity contribution in [3.05, 3.63) is 52.4 Å². The summed E-state index contributed by atoms with van der Waals surface area (Å²) in [5.74, 6) is -0.610. The van der Waals surface area contributed by atoms with Crippen LogP contribution in [0.3, 0.4) is 0 Å². The monoisotopic (exact) mass is 230 g/mol. The Morgan fingerprint density at radius 2 is 1.88 bits per heavy atom. The number of hydrogen-bond donors (Lipinski definition) is 1. The summed E-state index contributed by atoms with van der Waals surface area (Å²) < 4.78 is 5.00. The van der Waals surface area contributed by atoms with Crippen LogP contribution >= 0.6 is 0 Å². The molecule has 0 amide bonds. The second-order valence-electron chi connectivity index (χ2n) is 3.58. The van der Waals surface area contributed by atoms with Gasteiger partial charge in [0.05, 0.1) is 6.07 Å². The molecule has 1 N–H and O–H groups in total. The highest BCUT2D eigenvalue weighted by atomic mass is 16.4. The molecule has 0 saturated heterocycles. The van der Waals surface area contributed by atoms with Gasteiger partial charge in [-0.1, -0.05) is 30.3 Å². The fraction of sp³-hybridized carbons (Fsp3) is 0.0769. The molecule has 0 fully saturated rings. The summed E-state index contributed by atoms with van der Waals surface area (Å²) in [5, 5.41) is 9.62. The molecule has 0 radical (unpaired) electrons. The molecule has 1 aromatic heterocycles. The summed E-state index contributed by atoms with van der Waals surface area (Å²) in [6.45, 7) is 1.31. The molecule has 17 heavy (non-hydrogen) atoms. The van der Waals surface area contributed by atoms with Crippen LogP contribution in [0.5, 0.6) is 5.75 Å². The quantitative estimate of drug-likeness (QED) is 0.803. The van der Waals surface area contributed by atoms with Crippen LogP contribution in [0.15, 0.2) is 45.6 Å². The molecular formula is C13H10O4. The number of hydrogen-bond acceptors (Lipinski definition) is 4. The zero-order chi connectivity index (χ0) is 12.4. The van der Waals surface area contributed by atoms with E-state index in [1.165, 1.54) is 6.92 Å². The summed E-state index contributed by atoms with van der Waals surface area (Å²) in [6.07, 6.45) is 0. The Bertz CT molecular complexity index is 611. The van der Waals surface area contributed by atoms with Crippen LogP contribution in [0.2, 0.25) is 0 Å². The van der Waals surface area contributed by atoms with Crippen molar-refractivity contribution in [3.8, 4) is 17.1 Å². The minimum atomic E-state index is -0.689. The smallest absolute Gasteiger partial charge is 0.339 e. The van der Waals surface area contributed by atoms with Crippen LogP contribution in [0, 0.1) is 0 Å². The van der Waals surface area contributed by atoms with E-state index in [0.29, 0.717) is 5.56 Å². The first-order valence-electron chi connectivity index (χ1n) is 5.03. The Balaban J connectivity index is 2.77. The number of Topliss-reactive ketones (excluding diaryl/α,β-unsaturated/α-hetero) is 1. The van der Waals surface area contributed by atoms with Crippen molar-refractivity contribution in [2.45, 2.75) is 6.92 Å². The number of rotatable bonds is 2. The predicted molar refractivity (Wildman–Crippen MR) is 62.1 cm³/mol. The van der Waals surface area contributed by atoms with E-state index in [1.54, 1.807) is 30.3 Å². The Labute approximate surface area is 97.1 Å². The van der Waals surface area contributed by atoms with Crippen molar-refractivity contribution in [2.75, 3.05) is 0 Å². The standard InChI is InChI=1S/C13H10O4/c1-8(14)12-10(15)7-11(16)17-13(12)9-5-3-2-4-6-9/h2-7,15H,1H3. The predicted octanol–water partition coefficient (Wildman–Crippen LogP) is 2.21. The first-order chi connectivity index (χ1) is 8.09. The molecule has 2 aromatic rings. The molecule has 0 aliphatic carbocycles. The average Bonchev–Trinajstić information content (AvgIpc) is 2.28. The van der Waals surface area contributed by atoms with Gasteiger partial charge in [0.25, 0.3) is 0 Å². The number of carbonyl (C=O) groups is 1. The van der Waals surface area contributed by atoms with Gasteiger partial charge in [0.15, 0.2) is 11.5 Å². The van der Waals surface area contributed by atoms with E-state index in [1.807, 2.05) is 0 Å². The third-order valence-electron chi connectivity index (χ3n) is 2.33. The van der Waals surface area contributed by atoms with Crippen LogP contribution in [-0.2, 0) is 0 Å². The highest BCUT2D eigenvalue weighted by molar-refractivity contribution is 6.01. The van der Waals surface area contributed by atoms with Gasteiger partial charge in [-0.25, -0.2) is 4.79 Å². The highest BCUT2D eigenvalue weighted by Crippen LogP contribution is 2.28. The van der Waals surface area contributed by atoms with E-state index >= 15 is 0 Å². The van der Waals surface area contributed by atoms with Crippen LogP contribution in [0.25, 0.3) is 11.3 Å². The molecule has 0 aliphatic rings. The van der Waals surface area contributed by atoms with Crippen LogP contribution in [-0.4, -0.2) is 10.9 Å². The normalized spacial score (nSPS) is 10.2. The van der Waals surface area contributed by atoms with Crippen molar-refractivity contribution in [3.63, 3.8) is 0 Å². The van der Waals surface area contributed by atoms with E-state index in [-0.39, 0.29) is 22.9 Å². The minimum absolute atomic E-state index is 0.0239. The summed E-state index contributed by atoms with van der Waals surface area (Å²) in [7, 11) is 0. The Morgan fingerprint density at radius 1 is 1.24 bits per heavy atom. The van der Waals surface area contributed by atoms with E-state index in [2.05, 4.69) is 0 Å². The number of ketones is 1. The maximum Gasteiger partial charge on any atom is 0.339 e. The van der Waals surface area contributed by atoms with Gasteiger partial charge in [0.1, 0.15) is 11.3 Å². The van der Waals surface area contributed by atoms with Crippen LogP contribution in [0.1, 0.15) is 17.3 Å². The van der Waals surface area contributed by atoms with Crippen molar-refractivity contribution in [1.82, 2.24) is 0 Å². The molecule has 0 atom stereocenters. The number of aromatic hydroxyl groups is 1. The molecule has 0 unspecified atom stereocenters. The van der Waals surface area contributed by atoms with Gasteiger partial charge in [-0.2, -0.15) is 0 Å². The molecule has 4 heteroatoms. The van der Waals surface area contributed by atoms with Crippen molar-refractivity contribution in [2.24, 2.45) is 0 Å². The van der Waals surface area contributed by atoms with Gasteiger partial charge in [-0.05, 0) is 6.92 Å². The number of carbonyl (C=O) groups excluding carboxylic acids is 1. The maximum atomic E-state index is 11.4. The Morgan fingerprint density at radius 3 is 2.47 bits per heavy atom. The molecule has 1 heterocycles. The number of benzene rings is 1. The lowest BCUT2D eigenvalue weighted by Crippen LogP contribution is -2.04. The first kappa shape index (κ1) is 11.1. The third-order valence-corrected chi connectivity index (χ3v) is 2.33. The van der Waals surface area contributed by atoms with Gasteiger partial charge < -0.3 is 9.52 Å². The van der Waals surface area contributed by atoms with E-state index in [9.17, 15) is 14.7 Å². The second kappa shape index (κ2) is 4.25. The second-order valence-corrected chi connectivity index (χ2v) is 3.58. The molecule has 4 nitrogen and oxygen atoms in total. The average molecular weight is 230 g/mol. The van der Waals surface area contributed by atoms with Crippen molar-refractivity contribution >= 4 is 5.78 Å². The molecule has 86 valence electrons. The van der Waals surface area contributed by atoms with Gasteiger partial charge in [0, 0.05) is 5.56 Å². The van der Waals surface area contributed by atoms with E-state index in [0.717, 1.165) is 6.07 Å². The zero-order valence-electron chi connectivity index (χ0n) is 9.14. The van der Waals surface area contributed by atoms with Crippen LogP contribution < -0.4 is 5.63 Å². The molecular weight excluding hydrogens is 220 g/mol. The molecule has 0 bridgehead atoms. The molecule has 0 saturated carbocycles. The summed E-state index contributed by atoms with van der Waals surface area (Å²) in [6, 6.07) is 9.60. The largest absolute Gasteiger partial charge is 0.507 e. The van der Waals surface area contributed by atoms with Gasteiger partial charge >= 0.3 is 5.63 Å². The van der Waals surface area contributed by atoms with E-state index in [4.69, 9.17) is 4.42 Å². The van der Waals surface area contributed by atoms with Gasteiger partial charge in [-0.3, -0.25) is 4.79 Å². The lowest BCUT2D eigenvalue weighted by Gasteiger charge is -2.06. The lowest BCUT2D eigenvalue weighted by atomic mass is 10.0. The summed E-state index contributed by atoms with van der Waals surface area (Å²) in [4.78, 5) is 22.7. The van der Waals surface area contributed by atoms with Gasteiger partial charge in [-0.15, -0.1) is 0 Å². The van der Waals surface area contributed by atoms with Crippen molar-refractivity contribution < 1.29 is 14.3 Å². The molecule has 1 aromatic carbocycles. The molecule has 0 aliphatic heterocycles. The van der Waals surface area contributed by atoms with Crippen LogP contribution in [0.4, 0.5) is 0 Å². The minimum Gasteiger partial charge on any atom is -0.507 e. The fourth-order valence-electron chi connectivity index (χ4n) is 1.61. The molecule has 0 spiro atoms. The third kappa shape index (κ3) is 2.10.